The van der Waals surface area contributed by atoms with E-state index in [1.54, 1.807) is 6.07 Å². The van der Waals surface area contributed by atoms with E-state index in [0.717, 1.165) is 42.5 Å². The van der Waals surface area contributed by atoms with Gasteiger partial charge in [0.2, 0.25) is 0 Å². The molecule has 2 aromatic rings. The normalized spacial score (nSPS) is 17.5. The van der Waals surface area contributed by atoms with Gasteiger partial charge in [0.15, 0.2) is 0 Å². The predicted molar refractivity (Wildman–Crippen MR) is 101 cm³/mol. The molecule has 0 spiro atoms. The standard InChI is InChI=1S/C19H26N2O2.ClH/c1-19(2,13-22)18(21-11-9-20-10-12-21)17-15-6-4-3-5-14(15)7-8-16(17)23;/h3-8,18,20,22-23H,9-13H2,1-2H3;1H/t18-;/m0./s1. The van der Waals surface area contributed by atoms with E-state index in [-0.39, 0.29) is 30.5 Å². The molecule has 1 saturated heterocycles. The van der Waals surface area contributed by atoms with Gasteiger partial charge in [-0.15, -0.1) is 12.4 Å². The van der Waals surface area contributed by atoms with Gasteiger partial charge in [-0.2, -0.15) is 0 Å². The molecule has 0 bridgehead atoms. The van der Waals surface area contributed by atoms with Gasteiger partial charge in [-0.1, -0.05) is 44.2 Å². The lowest BCUT2D eigenvalue weighted by molar-refractivity contribution is 0.0301. The van der Waals surface area contributed by atoms with Crippen LogP contribution in [0, 0.1) is 5.41 Å². The van der Waals surface area contributed by atoms with E-state index < -0.39 is 0 Å². The van der Waals surface area contributed by atoms with Crippen molar-refractivity contribution < 1.29 is 10.2 Å². The highest BCUT2D eigenvalue weighted by atomic mass is 35.5. The molecule has 0 amide bonds. The van der Waals surface area contributed by atoms with Crippen LogP contribution in [0.3, 0.4) is 0 Å². The zero-order valence-corrected chi connectivity index (χ0v) is 15.1. The minimum Gasteiger partial charge on any atom is -0.508 e. The lowest BCUT2D eigenvalue weighted by Gasteiger charge is -2.44. The number of halogens is 1. The third-order valence-electron chi connectivity index (χ3n) is 4.89. The number of aliphatic hydroxyl groups excluding tert-OH is 1. The summed E-state index contributed by atoms with van der Waals surface area (Å²) in [4.78, 5) is 2.38. The van der Waals surface area contributed by atoms with Gasteiger partial charge < -0.3 is 15.5 Å². The first kappa shape index (κ1) is 19.0. The number of rotatable bonds is 4. The van der Waals surface area contributed by atoms with E-state index in [1.807, 2.05) is 18.2 Å². The average Bonchev–Trinajstić information content (AvgIpc) is 2.58. The van der Waals surface area contributed by atoms with E-state index in [4.69, 9.17) is 0 Å². The van der Waals surface area contributed by atoms with Gasteiger partial charge in [0, 0.05) is 49.8 Å². The number of aliphatic hydroxyl groups is 1. The predicted octanol–water partition coefficient (Wildman–Crippen LogP) is 2.93. The van der Waals surface area contributed by atoms with Crippen LogP contribution < -0.4 is 5.32 Å². The van der Waals surface area contributed by atoms with Crippen LogP contribution in [0.25, 0.3) is 10.8 Å². The number of hydrogen-bond donors (Lipinski definition) is 3. The quantitative estimate of drug-likeness (QED) is 0.793. The van der Waals surface area contributed by atoms with Gasteiger partial charge in [0.1, 0.15) is 5.75 Å². The molecule has 4 nitrogen and oxygen atoms in total. The third-order valence-corrected chi connectivity index (χ3v) is 4.89. The second-order valence-corrected chi connectivity index (χ2v) is 7.05. The van der Waals surface area contributed by atoms with Crippen LogP contribution in [0.1, 0.15) is 25.5 Å². The molecule has 5 heteroatoms. The van der Waals surface area contributed by atoms with Crippen LogP contribution in [0.4, 0.5) is 0 Å². The number of nitrogens with zero attached hydrogens (tertiary/aromatic N) is 1. The highest BCUT2D eigenvalue weighted by molar-refractivity contribution is 5.88. The van der Waals surface area contributed by atoms with Crippen molar-refractivity contribution >= 4 is 23.2 Å². The number of piperazine rings is 1. The molecule has 2 aromatic carbocycles. The van der Waals surface area contributed by atoms with Crippen molar-refractivity contribution in [1.29, 1.82) is 0 Å². The molecule has 0 radical (unpaired) electrons. The van der Waals surface area contributed by atoms with Crippen molar-refractivity contribution in [3.05, 3.63) is 42.0 Å². The van der Waals surface area contributed by atoms with Crippen LogP contribution >= 0.6 is 12.4 Å². The monoisotopic (exact) mass is 350 g/mol. The summed E-state index contributed by atoms with van der Waals surface area (Å²) in [5.41, 5.74) is 0.586. The molecule has 3 N–H and O–H groups in total. The van der Waals surface area contributed by atoms with Crippen LogP contribution in [0.2, 0.25) is 0 Å². The second kappa shape index (κ2) is 7.70. The first-order valence-electron chi connectivity index (χ1n) is 8.31. The van der Waals surface area contributed by atoms with Gasteiger partial charge in [-0.3, -0.25) is 4.90 Å². The number of aromatic hydroxyl groups is 1. The van der Waals surface area contributed by atoms with Gasteiger partial charge in [0.05, 0.1) is 0 Å². The SMILES string of the molecule is CC(C)(CO)[C@H](c1c(O)ccc2ccccc12)N1CCNCC1.Cl. The van der Waals surface area contributed by atoms with E-state index in [1.165, 1.54) is 0 Å². The number of benzene rings is 2. The first-order chi connectivity index (χ1) is 11.0. The fourth-order valence-electron chi connectivity index (χ4n) is 3.67. The summed E-state index contributed by atoms with van der Waals surface area (Å²) in [6.45, 7) is 7.91. The van der Waals surface area contributed by atoms with Crippen LogP contribution in [0.5, 0.6) is 5.75 Å². The molecular weight excluding hydrogens is 324 g/mol. The Morgan fingerprint density at radius 2 is 1.79 bits per heavy atom. The molecule has 1 aliphatic heterocycles. The Labute approximate surface area is 149 Å². The zero-order chi connectivity index (χ0) is 16.4. The van der Waals surface area contributed by atoms with Gasteiger partial charge in [-0.25, -0.2) is 0 Å². The Balaban J connectivity index is 0.00000208. The smallest absolute Gasteiger partial charge is 0.121 e. The Bertz CT molecular complexity index is 684. The molecule has 1 heterocycles. The van der Waals surface area contributed by atoms with Crippen molar-refractivity contribution in [2.24, 2.45) is 5.41 Å². The topological polar surface area (TPSA) is 55.7 Å². The van der Waals surface area contributed by atoms with Crippen LogP contribution in [-0.4, -0.2) is 47.9 Å². The fraction of sp³-hybridized carbons (Fsp3) is 0.474. The third kappa shape index (κ3) is 3.52. The summed E-state index contributed by atoms with van der Waals surface area (Å²) < 4.78 is 0. The van der Waals surface area contributed by atoms with E-state index >= 15 is 0 Å². The Morgan fingerprint density at radius 1 is 1.12 bits per heavy atom. The number of hydrogen-bond acceptors (Lipinski definition) is 4. The van der Waals surface area contributed by atoms with E-state index in [0.29, 0.717) is 5.75 Å². The molecule has 0 unspecified atom stereocenters. The molecule has 0 aliphatic carbocycles. The minimum absolute atomic E-state index is 0. The summed E-state index contributed by atoms with van der Waals surface area (Å²) in [6, 6.07) is 11.9. The van der Waals surface area contributed by atoms with Crippen molar-refractivity contribution in [3.8, 4) is 5.75 Å². The van der Waals surface area contributed by atoms with Crippen molar-refractivity contribution in [3.63, 3.8) is 0 Å². The van der Waals surface area contributed by atoms with Crippen LogP contribution in [-0.2, 0) is 0 Å². The molecule has 3 rings (SSSR count). The molecule has 132 valence electrons. The van der Waals surface area contributed by atoms with Crippen molar-refractivity contribution in [2.75, 3.05) is 32.8 Å². The zero-order valence-electron chi connectivity index (χ0n) is 14.3. The van der Waals surface area contributed by atoms with Gasteiger partial charge in [0.25, 0.3) is 0 Å². The summed E-state index contributed by atoms with van der Waals surface area (Å²) in [5, 5.41) is 26.2. The highest BCUT2D eigenvalue weighted by Gasteiger charge is 2.38. The summed E-state index contributed by atoms with van der Waals surface area (Å²) in [7, 11) is 0. The Kier molecular flexibility index (Phi) is 6.10. The number of nitrogens with one attached hydrogen (secondary N) is 1. The summed E-state index contributed by atoms with van der Waals surface area (Å²) in [6.07, 6.45) is 0. The maximum Gasteiger partial charge on any atom is 0.121 e. The molecule has 24 heavy (non-hydrogen) atoms. The van der Waals surface area contributed by atoms with E-state index in [9.17, 15) is 10.2 Å². The van der Waals surface area contributed by atoms with Gasteiger partial charge in [-0.05, 0) is 16.8 Å². The molecule has 1 fully saturated rings. The second-order valence-electron chi connectivity index (χ2n) is 7.05. The Hall–Kier alpha value is -1.33. The van der Waals surface area contributed by atoms with Crippen LogP contribution in [0.15, 0.2) is 36.4 Å². The fourth-order valence-corrected chi connectivity index (χ4v) is 3.67. The lowest BCUT2D eigenvalue weighted by atomic mass is 9.78. The lowest BCUT2D eigenvalue weighted by Crippen LogP contribution is -2.49. The molecule has 0 saturated carbocycles. The molecular formula is C19H27ClN2O2. The maximum atomic E-state index is 10.6. The van der Waals surface area contributed by atoms with Crippen molar-refractivity contribution in [2.45, 2.75) is 19.9 Å². The summed E-state index contributed by atoms with van der Waals surface area (Å²) in [5.74, 6) is 0.314. The molecule has 1 atom stereocenters. The summed E-state index contributed by atoms with van der Waals surface area (Å²) >= 11 is 0. The largest absolute Gasteiger partial charge is 0.508 e. The number of phenolic OH excluding ortho intramolecular Hbond substituents is 1. The molecule has 0 aromatic heterocycles. The minimum atomic E-state index is -0.348. The first-order valence-corrected chi connectivity index (χ1v) is 8.31. The maximum absolute atomic E-state index is 10.6. The van der Waals surface area contributed by atoms with Crippen molar-refractivity contribution in [1.82, 2.24) is 10.2 Å². The highest BCUT2D eigenvalue weighted by Crippen LogP contribution is 2.44. The molecule has 1 aliphatic rings. The Morgan fingerprint density at radius 3 is 2.46 bits per heavy atom. The van der Waals surface area contributed by atoms with E-state index in [2.05, 4.69) is 36.2 Å². The van der Waals surface area contributed by atoms with Gasteiger partial charge >= 0.3 is 0 Å². The average molecular weight is 351 g/mol. The number of fused-ring (bicyclic) bond motifs is 1. The number of phenols is 1.